The summed E-state index contributed by atoms with van der Waals surface area (Å²) in [5, 5.41) is 0. The number of nitrogens with zero attached hydrogens (tertiary/aromatic N) is 2. The molecule has 0 saturated carbocycles. The first-order valence-corrected chi connectivity index (χ1v) is 15.5. The van der Waals surface area contributed by atoms with Gasteiger partial charge in [-0.1, -0.05) is 65.6 Å². The van der Waals surface area contributed by atoms with Crippen LogP contribution in [0.5, 0.6) is 0 Å². The molecule has 1 atom stereocenters. The maximum Gasteiger partial charge on any atom is 0.317 e. The molecule has 1 aliphatic rings. The van der Waals surface area contributed by atoms with Crippen LogP contribution in [0.1, 0.15) is 26.7 Å². The van der Waals surface area contributed by atoms with E-state index in [1.807, 2.05) is 53.1 Å². The van der Waals surface area contributed by atoms with Crippen LogP contribution in [-0.4, -0.2) is 43.4 Å². The Hall–Kier alpha value is -1.22. The van der Waals surface area contributed by atoms with Gasteiger partial charge in [-0.15, -0.1) is 6.58 Å². The van der Waals surface area contributed by atoms with Crippen molar-refractivity contribution in [2.75, 3.05) is 0 Å². The summed E-state index contributed by atoms with van der Waals surface area (Å²) in [6.07, 6.45) is 2.61. The molecule has 0 aliphatic carbocycles. The van der Waals surface area contributed by atoms with Gasteiger partial charge in [0, 0.05) is 0 Å². The number of allylic oxidation sites excluding steroid dienone is 1. The zero-order valence-electron chi connectivity index (χ0n) is 16.4. The van der Waals surface area contributed by atoms with Crippen molar-refractivity contribution >= 4 is 34.3 Å². The predicted molar refractivity (Wildman–Crippen MR) is 102 cm³/mol. The highest BCUT2D eigenvalue weighted by molar-refractivity contribution is 6.82. The van der Waals surface area contributed by atoms with E-state index in [0.717, 1.165) is 0 Å². The number of hydrogen-bond acceptors (Lipinski definition) is 3. The van der Waals surface area contributed by atoms with Crippen LogP contribution in [0.15, 0.2) is 12.7 Å². The highest BCUT2D eigenvalue weighted by Gasteiger charge is 2.62. The SMILES string of the molecule is C=CCC1(C(C)CC)C(=O)N([Si](C)(C)C)C(=O)N([Si](C)(C)C)C1=O. The number of carbonyl (C=O) groups excluding carboxylic acids is 3. The maximum absolute atomic E-state index is 13.4. The first kappa shape index (κ1) is 20.8. The van der Waals surface area contributed by atoms with Gasteiger partial charge in [-0.2, -0.15) is 0 Å². The molecule has 1 fully saturated rings. The van der Waals surface area contributed by atoms with Crippen molar-refractivity contribution in [1.29, 1.82) is 0 Å². The van der Waals surface area contributed by atoms with Crippen LogP contribution in [0, 0.1) is 11.3 Å². The third kappa shape index (κ3) is 3.15. The number of rotatable bonds is 6. The van der Waals surface area contributed by atoms with Gasteiger partial charge in [0.05, 0.1) is 0 Å². The minimum Gasteiger partial charge on any atom is -0.294 e. The Morgan fingerprint density at radius 2 is 1.38 bits per heavy atom. The van der Waals surface area contributed by atoms with Crippen LogP contribution in [0.3, 0.4) is 0 Å². The third-order valence-corrected chi connectivity index (χ3v) is 8.29. The summed E-state index contributed by atoms with van der Waals surface area (Å²) in [6.45, 7) is 19.5. The standard InChI is InChI=1S/C17H32N2O3Si2/c1-10-12-17(13(3)11-2)14(20)18(23(4,5)6)16(22)19(15(17)21)24(7,8)9/h10,13H,1,11-12H2,2-9H3. The molecule has 1 unspecified atom stereocenters. The fourth-order valence-corrected chi connectivity index (χ4v) is 6.39. The van der Waals surface area contributed by atoms with E-state index in [0.29, 0.717) is 6.42 Å². The summed E-state index contributed by atoms with van der Waals surface area (Å²) < 4.78 is 2.87. The van der Waals surface area contributed by atoms with Crippen molar-refractivity contribution in [2.45, 2.75) is 66.0 Å². The van der Waals surface area contributed by atoms with Gasteiger partial charge in [0.25, 0.3) is 0 Å². The van der Waals surface area contributed by atoms with E-state index in [4.69, 9.17) is 0 Å². The van der Waals surface area contributed by atoms with Crippen LogP contribution >= 0.6 is 0 Å². The molecular weight excluding hydrogens is 336 g/mol. The fourth-order valence-electron chi connectivity index (χ4n) is 3.32. The molecule has 5 nitrogen and oxygen atoms in total. The highest BCUT2D eigenvalue weighted by atomic mass is 28.3. The molecule has 1 rings (SSSR count). The number of hydrogen-bond donors (Lipinski definition) is 0. The van der Waals surface area contributed by atoms with Crippen molar-refractivity contribution in [3.05, 3.63) is 12.7 Å². The fraction of sp³-hybridized carbons (Fsp3) is 0.706. The summed E-state index contributed by atoms with van der Waals surface area (Å²) in [6, 6.07) is -0.411. The number of imide groups is 2. The Kier molecular flexibility index (Phi) is 5.72. The van der Waals surface area contributed by atoms with Gasteiger partial charge in [-0.3, -0.25) is 18.7 Å². The molecule has 7 heteroatoms. The minimum absolute atomic E-state index is 0.152. The molecule has 1 aliphatic heterocycles. The average Bonchev–Trinajstić information content (AvgIpc) is 2.39. The van der Waals surface area contributed by atoms with E-state index >= 15 is 0 Å². The molecule has 0 bridgehead atoms. The molecule has 0 N–H and O–H groups in total. The molecular formula is C17H32N2O3Si2. The van der Waals surface area contributed by atoms with Gasteiger partial charge < -0.3 is 0 Å². The largest absolute Gasteiger partial charge is 0.317 e. The summed E-state index contributed by atoms with van der Waals surface area (Å²) in [5.41, 5.74) is -1.20. The Morgan fingerprint density at radius 3 is 1.62 bits per heavy atom. The minimum atomic E-state index is -2.28. The quantitative estimate of drug-likeness (QED) is 0.403. The van der Waals surface area contributed by atoms with E-state index in [-0.39, 0.29) is 24.2 Å². The van der Waals surface area contributed by atoms with Crippen LogP contribution in [0.2, 0.25) is 39.3 Å². The first-order valence-electron chi connectivity index (χ1n) is 8.61. The van der Waals surface area contributed by atoms with Gasteiger partial charge in [-0.25, -0.2) is 4.79 Å². The van der Waals surface area contributed by atoms with E-state index in [9.17, 15) is 14.4 Å². The Bertz CT molecular complexity index is 525. The molecule has 0 spiro atoms. The topological polar surface area (TPSA) is 57.7 Å². The van der Waals surface area contributed by atoms with E-state index in [1.54, 1.807) is 6.08 Å². The molecule has 0 aromatic rings. The third-order valence-electron chi connectivity index (χ3n) is 4.81. The second-order valence-corrected chi connectivity index (χ2v) is 18.3. The molecule has 0 aromatic heterocycles. The van der Waals surface area contributed by atoms with Crippen LogP contribution in [0.4, 0.5) is 4.79 Å². The Labute approximate surface area is 148 Å². The summed E-state index contributed by atoms with van der Waals surface area (Å²) >= 11 is 0. The Morgan fingerprint density at radius 1 is 1.00 bits per heavy atom. The lowest BCUT2D eigenvalue weighted by Crippen LogP contribution is -2.75. The van der Waals surface area contributed by atoms with Gasteiger partial charge >= 0.3 is 6.03 Å². The van der Waals surface area contributed by atoms with Gasteiger partial charge in [0.15, 0.2) is 16.5 Å². The lowest BCUT2D eigenvalue weighted by atomic mass is 9.70. The van der Waals surface area contributed by atoms with Gasteiger partial charge in [-0.05, 0) is 12.3 Å². The van der Waals surface area contributed by atoms with E-state index in [2.05, 4.69) is 6.58 Å². The molecule has 0 aromatic carbocycles. The molecule has 24 heavy (non-hydrogen) atoms. The summed E-state index contributed by atoms with van der Waals surface area (Å²) in [4.78, 5) is 40.0. The molecule has 0 radical (unpaired) electrons. The van der Waals surface area contributed by atoms with Crippen LogP contribution < -0.4 is 0 Å². The second-order valence-electron chi connectivity index (χ2n) is 8.68. The number of urea groups is 1. The van der Waals surface area contributed by atoms with Crippen molar-refractivity contribution in [1.82, 2.24) is 9.13 Å². The van der Waals surface area contributed by atoms with Crippen molar-refractivity contribution in [2.24, 2.45) is 11.3 Å². The van der Waals surface area contributed by atoms with Crippen LogP contribution in [0.25, 0.3) is 0 Å². The number of carbonyl (C=O) groups is 3. The molecule has 1 heterocycles. The highest BCUT2D eigenvalue weighted by Crippen LogP contribution is 2.44. The maximum atomic E-state index is 13.4. The molecule has 1 saturated heterocycles. The van der Waals surface area contributed by atoms with E-state index in [1.165, 1.54) is 9.13 Å². The average molecular weight is 369 g/mol. The van der Waals surface area contributed by atoms with Crippen molar-refractivity contribution in [3.63, 3.8) is 0 Å². The summed E-state index contributed by atoms with van der Waals surface area (Å²) in [5.74, 6) is -0.790. The van der Waals surface area contributed by atoms with Gasteiger partial charge in [0.1, 0.15) is 5.41 Å². The second kappa shape index (κ2) is 6.59. The number of amides is 4. The molecule has 136 valence electrons. The first-order chi connectivity index (χ1) is 10.8. The Balaban J connectivity index is 3.74. The smallest absolute Gasteiger partial charge is 0.294 e. The monoisotopic (exact) mass is 368 g/mol. The van der Waals surface area contributed by atoms with Crippen LogP contribution in [-0.2, 0) is 9.59 Å². The van der Waals surface area contributed by atoms with E-state index < -0.39 is 27.9 Å². The van der Waals surface area contributed by atoms with Gasteiger partial charge in [0.2, 0.25) is 11.8 Å². The summed E-state index contributed by atoms with van der Waals surface area (Å²) in [7, 11) is -4.56. The zero-order valence-corrected chi connectivity index (χ0v) is 18.4. The lowest BCUT2D eigenvalue weighted by molar-refractivity contribution is -0.157. The van der Waals surface area contributed by atoms with Crippen molar-refractivity contribution < 1.29 is 14.4 Å². The number of barbiturate groups is 1. The molecule has 4 amide bonds. The lowest BCUT2D eigenvalue weighted by Gasteiger charge is -2.53. The predicted octanol–water partition coefficient (Wildman–Crippen LogP) is 4.06. The van der Waals surface area contributed by atoms with Crippen molar-refractivity contribution in [3.8, 4) is 0 Å². The zero-order chi connectivity index (χ0) is 19.1. The normalized spacial score (nSPS) is 20.4.